The SMILES string of the molecule is O=C1C=CC=CC1=CNCCO.[O-]c1ccccc1C=[NH+]CCO.[O]=[Mo]=[O]. The van der Waals surface area contributed by atoms with Gasteiger partial charge in [-0.25, -0.2) is 4.99 Å². The average molecular weight is 458 g/mol. The van der Waals surface area contributed by atoms with Crippen LogP contribution in [0.5, 0.6) is 5.75 Å². The molecule has 1 aromatic rings. The van der Waals surface area contributed by atoms with E-state index < -0.39 is 18.5 Å². The summed E-state index contributed by atoms with van der Waals surface area (Å²) in [7, 11) is 0. The molecule has 8 nitrogen and oxygen atoms in total. The zero-order valence-corrected chi connectivity index (χ0v) is 16.5. The van der Waals surface area contributed by atoms with Crippen LogP contribution in [0.25, 0.3) is 0 Å². The number of carbonyl (C=O) groups excluding carboxylic acids is 1. The Morgan fingerprint density at radius 2 is 1.78 bits per heavy atom. The van der Waals surface area contributed by atoms with Crippen LogP contribution >= 0.6 is 0 Å². The van der Waals surface area contributed by atoms with E-state index in [9.17, 15) is 9.90 Å². The maximum absolute atomic E-state index is 11.1. The van der Waals surface area contributed by atoms with E-state index in [0.29, 0.717) is 24.2 Å². The third-order valence-corrected chi connectivity index (χ3v) is 2.87. The Balaban J connectivity index is 0.000000438. The molecule has 0 spiro atoms. The van der Waals surface area contributed by atoms with Crippen molar-refractivity contribution in [1.82, 2.24) is 5.32 Å². The number of allylic oxidation sites excluding steroid dienone is 5. The summed E-state index contributed by atoms with van der Waals surface area (Å²) in [4.78, 5) is 13.9. The molecule has 27 heavy (non-hydrogen) atoms. The summed E-state index contributed by atoms with van der Waals surface area (Å²) in [5, 5.41) is 30.8. The number of carbonyl (C=O) groups is 1. The molecule has 0 atom stereocenters. The Morgan fingerprint density at radius 1 is 1.11 bits per heavy atom. The number of hydrogen-bond donors (Lipinski definition) is 4. The van der Waals surface area contributed by atoms with Crippen LogP contribution in [0.1, 0.15) is 5.56 Å². The summed E-state index contributed by atoms with van der Waals surface area (Å²) in [6, 6.07) is 6.73. The minimum absolute atomic E-state index is 0.0112. The number of ketones is 1. The van der Waals surface area contributed by atoms with Crippen molar-refractivity contribution >= 4 is 12.0 Å². The Labute approximate surface area is 165 Å². The second-order valence-electron chi connectivity index (χ2n) is 4.79. The number of aliphatic hydroxyl groups excluding tert-OH is 2. The topological polar surface area (TPSA) is 141 Å². The first-order valence-corrected chi connectivity index (χ1v) is 9.53. The first kappa shape index (κ1) is 24.6. The van der Waals surface area contributed by atoms with Crippen LogP contribution in [0.3, 0.4) is 0 Å². The van der Waals surface area contributed by atoms with Crippen LogP contribution in [0.4, 0.5) is 0 Å². The van der Waals surface area contributed by atoms with Crippen molar-refractivity contribution in [3.63, 3.8) is 0 Å². The van der Waals surface area contributed by atoms with E-state index in [1.165, 1.54) is 12.1 Å². The van der Waals surface area contributed by atoms with E-state index >= 15 is 0 Å². The summed E-state index contributed by atoms with van der Waals surface area (Å²) in [5.41, 5.74) is 1.23. The van der Waals surface area contributed by atoms with Gasteiger partial charge in [0.1, 0.15) is 6.61 Å². The van der Waals surface area contributed by atoms with Gasteiger partial charge in [-0.2, -0.15) is 0 Å². The van der Waals surface area contributed by atoms with Crippen LogP contribution in [-0.4, -0.2) is 48.5 Å². The molecule has 0 aromatic heterocycles. The van der Waals surface area contributed by atoms with Crippen molar-refractivity contribution in [2.75, 3.05) is 26.3 Å². The molecule has 1 aliphatic carbocycles. The van der Waals surface area contributed by atoms with E-state index in [1.807, 2.05) is 0 Å². The second-order valence-corrected chi connectivity index (χ2v) is 5.12. The van der Waals surface area contributed by atoms with Crippen molar-refractivity contribution in [2.45, 2.75) is 0 Å². The van der Waals surface area contributed by atoms with Gasteiger partial charge in [0.25, 0.3) is 0 Å². The standard InChI is InChI=1S/2C9H11NO2.Mo.2O/c2*11-6-5-10-7-8-3-1-2-4-9(8)12;;;/h1-4,7,11-12H,5-6H2;1-4,7,10-11H,5-6H2;;;. The van der Waals surface area contributed by atoms with Gasteiger partial charge in [-0.1, -0.05) is 36.1 Å². The molecule has 0 bridgehead atoms. The molecule has 0 saturated carbocycles. The van der Waals surface area contributed by atoms with Gasteiger partial charge in [-0.05, 0) is 18.2 Å². The fourth-order valence-corrected chi connectivity index (χ4v) is 1.69. The number of benzene rings is 1. The zero-order valence-electron chi connectivity index (χ0n) is 14.5. The molecule has 0 unspecified atom stereocenters. The van der Waals surface area contributed by atoms with E-state index in [2.05, 4.69) is 10.3 Å². The van der Waals surface area contributed by atoms with Gasteiger partial charge in [0.2, 0.25) is 0 Å². The van der Waals surface area contributed by atoms with Gasteiger partial charge in [-0.3, -0.25) is 4.79 Å². The summed E-state index contributed by atoms with van der Waals surface area (Å²) < 4.78 is 17.0. The van der Waals surface area contributed by atoms with Gasteiger partial charge in [0.15, 0.2) is 18.5 Å². The van der Waals surface area contributed by atoms with Gasteiger partial charge in [-0.15, -0.1) is 0 Å². The Kier molecular flexibility index (Phi) is 15.5. The molecule has 4 N–H and O–H groups in total. The van der Waals surface area contributed by atoms with Crippen molar-refractivity contribution in [3.8, 4) is 5.75 Å². The summed E-state index contributed by atoms with van der Waals surface area (Å²) in [5.74, 6) is -0.0223. The maximum atomic E-state index is 11.1. The first-order chi connectivity index (χ1) is 13.1. The summed E-state index contributed by atoms with van der Waals surface area (Å²) >= 11 is -2.03. The van der Waals surface area contributed by atoms with Gasteiger partial charge in [0, 0.05) is 23.9 Å². The number of aliphatic hydroxyl groups is 2. The third-order valence-electron chi connectivity index (χ3n) is 2.87. The van der Waals surface area contributed by atoms with Gasteiger partial charge < -0.3 is 20.6 Å². The van der Waals surface area contributed by atoms with Crippen LogP contribution < -0.4 is 15.4 Å². The normalized spacial score (nSPS) is 13.6. The first-order valence-electron chi connectivity index (χ1n) is 7.89. The minimum atomic E-state index is -2.03. The Hall–Kier alpha value is -2.41. The van der Waals surface area contributed by atoms with Crippen molar-refractivity contribution in [3.05, 3.63) is 65.9 Å². The van der Waals surface area contributed by atoms with E-state index in [1.54, 1.807) is 48.8 Å². The molecule has 0 heterocycles. The molecular weight excluding hydrogens is 436 g/mol. The van der Waals surface area contributed by atoms with Gasteiger partial charge >= 0.3 is 25.3 Å². The molecule has 0 radical (unpaired) electrons. The molecule has 2 rings (SSSR count). The number of para-hydroxylation sites is 1. The van der Waals surface area contributed by atoms with Crippen LogP contribution in [0.2, 0.25) is 0 Å². The molecule has 1 aliphatic rings. The fourth-order valence-electron chi connectivity index (χ4n) is 1.69. The monoisotopic (exact) mass is 460 g/mol. The van der Waals surface area contributed by atoms with Crippen LogP contribution in [0.15, 0.2) is 60.3 Å². The van der Waals surface area contributed by atoms with Crippen molar-refractivity contribution in [2.24, 2.45) is 0 Å². The van der Waals surface area contributed by atoms with Crippen LogP contribution in [0, 0.1) is 0 Å². The van der Waals surface area contributed by atoms with E-state index in [0.717, 1.165) is 0 Å². The second kappa shape index (κ2) is 17.0. The van der Waals surface area contributed by atoms with E-state index in [4.69, 9.17) is 17.0 Å². The fraction of sp³-hybridized carbons (Fsp3) is 0.222. The summed E-state index contributed by atoms with van der Waals surface area (Å²) in [6.07, 6.45) is 9.95. The summed E-state index contributed by atoms with van der Waals surface area (Å²) in [6.45, 7) is 1.07. The number of nitrogens with one attached hydrogen (secondary N) is 2. The molecule has 0 amide bonds. The molecule has 0 saturated heterocycles. The third kappa shape index (κ3) is 12.6. The predicted molar refractivity (Wildman–Crippen MR) is 91.8 cm³/mol. The van der Waals surface area contributed by atoms with Gasteiger partial charge in [0.05, 0.1) is 6.61 Å². The average Bonchev–Trinajstić information content (AvgIpc) is 2.66. The number of rotatable bonds is 6. The molecular formula is C18H22MoN2O6. The molecule has 146 valence electrons. The van der Waals surface area contributed by atoms with Crippen molar-refractivity contribution in [1.29, 1.82) is 0 Å². The molecule has 0 fully saturated rings. The Morgan fingerprint density at radius 3 is 2.37 bits per heavy atom. The van der Waals surface area contributed by atoms with Crippen molar-refractivity contribution < 1.29 is 50.4 Å². The number of hydrogen-bond acceptors (Lipinski definition) is 7. The van der Waals surface area contributed by atoms with E-state index in [-0.39, 0.29) is 24.7 Å². The quantitative estimate of drug-likeness (QED) is 0.170. The Bertz CT molecular complexity index is 722. The predicted octanol–water partition coefficient (Wildman–Crippen LogP) is -1.84. The molecule has 1 aromatic carbocycles. The zero-order chi connectivity index (χ0) is 20.3. The molecule has 9 heteroatoms. The van der Waals surface area contributed by atoms with Crippen LogP contribution in [-0.2, 0) is 30.1 Å². The molecule has 0 aliphatic heterocycles.